The van der Waals surface area contributed by atoms with Crippen LogP contribution in [0.5, 0.6) is 0 Å². The number of aryl methyl sites for hydroxylation is 1. The lowest BCUT2D eigenvalue weighted by Crippen LogP contribution is -2.31. The molecule has 3 amide bonds. The fourth-order valence-electron chi connectivity index (χ4n) is 3.83. The van der Waals surface area contributed by atoms with Gasteiger partial charge in [0.2, 0.25) is 4.96 Å². The molecule has 34 heavy (non-hydrogen) atoms. The minimum atomic E-state index is -0.462. The van der Waals surface area contributed by atoms with Crippen molar-refractivity contribution in [3.05, 3.63) is 70.1 Å². The second-order valence-electron chi connectivity index (χ2n) is 7.94. The molecular weight excluding hydrogens is 454 g/mol. The van der Waals surface area contributed by atoms with Gasteiger partial charge in [0.15, 0.2) is 0 Å². The monoisotopic (exact) mass is 475 g/mol. The fourth-order valence-corrected chi connectivity index (χ4v) is 4.66. The number of ether oxygens (including phenoxy) is 1. The topological polar surface area (TPSA) is 106 Å². The Hall–Kier alpha value is -3.89. The number of nitrogens with zero attached hydrogens (tertiary/aromatic N) is 4. The van der Waals surface area contributed by atoms with E-state index < -0.39 is 11.8 Å². The molecule has 0 atom stereocenters. The molecule has 3 heterocycles. The third-order valence-corrected chi connectivity index (χ3v) is 6.43. The number of nitrogens with one attached hydrogen (secondary N) is 1. The highest BCUT2D eigenvalue weighted by Crippen LogP contribution is 2.27. The van der Waals surface area contributed by atoms with Crippen molar-refractivity contribution in [2.24, 2.45) is 0 Å². The predicted molar refractivity (Wildman–Crippen MR) is 127 cm³/mol. The van der Waals surface area contributed by atoms with Crippen LogP contribution in [0.15, 0.2) is 47.8 Å². The van der Waals surface area contributed by atoms with Crippen LogP contribution in [0, 0.1) is 6.92 Å². The van der Waals surface area contributed by atoms with E-state index in [-0.39, 0.29) is 29.5 Å². The van der Waals surface area contributed by atoms with Crippen LogP contribution < -0.4 is 5.32 Å². The molecule has 0 spiro atoms. The number of fused-ring (bicyclic) bond motifs is 2. The van der Waals surface area contributed by atoms with Gasteiger partial charge >= 0.3 is 0 Å². The summed E-state index contributed by atoms with van der Waals surface area (Å²) in [6.07, 6.45) is 0.545. The quantitative estimate of drug-likeness (QED) is 0.323. The molecule has 0 aliphatic carbocycles. The van der Waals surface area contributed by atoms with Gasteiger partial charge in [-0.3, -0.25) is 24.6 Å². The molecule has 0 radical (unpaired) electrons. The molecule has 0 unspecified atom stereocenters. The number of thiazole rings is 1. The molecule has 0 saturated heterocycles. The van der Waals surface area contributed by atoms with Crippen LogP contribution in [0.4, 0.5) is 5.95 Å². The van der Waals surface area contributed by atoms with Gasteiger partial charge in [0.25, 0.3) is 23.7 Å². The van der Waals surface area contributed by atoms with Crippen LogP contribution in [0.1, 0.15) is 43.1 Å². The van der Waals surface area contributed by atoms with Crippen molar-refractivity contribution >= 4 is 40.0 Å². The van der Waals surface area contributed by atoms with E-state index in [4.69, 9.17) is 4.74 Å². The highest BCUT2D eigenvalue weighted by Gasteiger charge is 2.35. The molecule has 0 saturated carbocycles. The second-order valence-corrected chi connectivity index (χ2v) is 8.78. The summed E-state index contributed by atoms with van der Waals surface area (Å²) in [6, 6.07) is 12.5. The van der Waals surface area contributed by atoms with Crippen LogP contribution in [0.25, 0.3) is 16.2 Å². The van der Waals surface area contributed by atoms with E-state index in [0.717, 1.165) is 16.8 Å². The van der Waals surface area contributed by atoms with Gasteiger partial charge in [-0.2, -0.15) is 4.98 Å². The lowest BCUT2D eigenvalue weighted by atomic mass is 10.1. The standard InChI is InChI=1S/C24H21N5O4S/c1-14-4-6-15(7-5-14)19-13-34-24-26-23(27-29(19)24)25-20(30)16-8-9-17-18(12-16)22(32)28(21(17)31)10-3-11-33-2/h4-9,12-13H,3,10-11H2,1-2H3,(H,25,27,30). The Kier molecular flexibility index (Phi) is 5.68. The third-order valence-electron chi connectivity index (χ3n) is 5.62. The van der Waals surface area contributed by atoms with Crippen molar-refractivity contribution in [3.63, 3.8) is 0 Å². The Morgan fingerprint density at radius 2 is 1.85 bits per heavy atom. The highest BCUT2D eigenvalue weighted by molar-refractivity contribution is 7.15. The van der Waals surface area contributed by atoms with Gasteiger partial charge < -0.3 is 4.74 Å². The summed E-state index contributed by atoms with van der Waals surface area (Å²) in [5.74, 6) is -1.07. The first-order valence-corrected chi connectivity index (χ1v) is 11.6. The summed E-state index contributed by atoms with van der Waals surface area (Å²) >= 11 is 1.42. The van der Waals surface area contributed by atoms with E-state index in [2.05, 4.69) is 15.4 Å². The number of benzene rings is 2. The van der Waals surface area contributed by atoms with E-state index in [1.807, 2.05) is 36.6 Å². The Labute approximate surface area is 199 Å². The maximum Gasteiger partial charge on any atom is 0.261 e. The molecule has 172 valence electrons. The lowest BCUT2D eigenvalue weighted by molar-refractivity contribution is 0.0638. The Morgan fingerprint density at radius 1 is 1.09 bits per heavy atom. The zero-order chi connectivity index (χ0) is 23.8. The van der Waals surface area contributed by atoms with Crippen molar-refractivity contribution in [3.8, 4) is 11.3 Å². The smallest absolute Gasteiger partial charge is 0.261 e. The third kappa shape index (κ3) is 3.87. The van der Waals surface area contributed by atoms with Crippen molar-refractivity contribution < 1.29 is 19.1 Å². The molecule has 10 heteroatoms. The molecule has 1 N–H and O–H groups in total. The first-order chi connectivity index (χ1) is 16.5. The number of imide groups is 1. The summed E-state index contributed by atoms with van der Waals surface area (Å²) in [4.78, 5) is 44.4. The molecule has 0 fully saturated rings. The Balaban J connectivity index is 1.35. The van der Waals surface area contributed by atoms with Gasteiger partial charge in [0.1, 0.15) is 0 Å². The van der Waals surface area contributed by atoms with Crippen LogP contribution in [-0.2, 0) is 4.74 Å². The number of aromatic nitrogens is 3. The molecule has 1 aliphatic rings. The fraction of sp³-hybridized carbons (Fsp3) is 0.208. The normalized spacial score (nSPS) is 13.1. The molecule has 9 nitrogen and oxygen atoms in total. The van der Waals surface area contributed by atoms with E-state index in [1.54, 1.807) is 11.6 Å². The molecule has 2 aromatic carbocycles. The first-order valence-electron chi connectivity index (χ1n) is 10.7. The van der Waals surface area contributed by atoms with E-state index in [1.165, 1.54) is 34.4 Å². The average Bonchev–Trinajstić information content (AvgIpc) is 3.47. The minimum absolute atomic E-state index is 0.161. The van der Waals surface area contributed by atoms with E-state index in [0.29, 0.717) is 23.6 Å². The van der Waals surface area contributed by atoms with Crippen LogP contribution in [-0.4, -0.2) is 57.5 Å². The Bertz CT molecular complexity index is 1420. The van der Waals surface area contributed by atoms with Gasteiger partial charge in [-0.25, -0.2) is 4.52 Å². The number of carbonyl (C=O) groups excluding carboxylic acids is 3. The van der Waals surface area contributed by atoms with Crippen LogP contribution in [0.2, 0.25) is 0 Å². The molecule has 5 rings (SSSR count). The zero-order valence-electron chi connectivity index (χ0n) is 18.6. The van der Waals surface area contributed by atoms with Crippen molar-refractivity contribution in [1.82, 2.24) is 19.5 Å². The SMILES string of the molecule is COCCCN1C(=O)c2ccc(C(=O)Nc3nc4scc(-c5ccc(C)cc5)n4n3)cc2C1=O. The first kappa shape index (κ1) is 21.9. The molecule has 0 bridgehead atoms. The number of carbonyl (C=O) groups is 3. The average molecular weight is 476 g/mol. The second kappa shape index (κ2) is 8.81. The number of rotatable bonds is 7. The van der Waals surface area contributed by atoms with Gasteiger partial charge in [0, 0.05) is 36.8 Å². The minimum Gasteiger partial charge on any atom is -0.385 e. The number of anilines is 1. The predicted octanol–water partition coefficient (Wildman–Crippen LogP) is 3.65. The largest absolute Gasteiger partial charge is 0.385 e. The number of hydrogen-bond acceptors (Lipinski definition) is 7. The van der Waals surface area contributed by atoms with Gasteiger partial charge in [-0.1, -0.05) is 29.8 Å². The van der Waals surface area contributed by atoms with Gasteiger partial charge in [0.05, 0.1) is 16.8 Å². The van der Waals surface area contributed by atoms with Crippen molar-refractivity contribution in [1.29, 1.82) is 0 Å². The maximum atomic E-state index is 12.9. The van der Waals surface area contributed by atoms with E-state index >= 15 is 0 Å². The van der Waals surface area contributed by atoms with Gasteiger partial charge in [-0.05, 0) is 31.5 Å². The molecule has 2 aromatic heterocycles. The molecule has 1 aliphatic heterocycles. The maximum absolute atomic E-state index is 12.9. The summed E-state index contributed by atoms with van der Waals surface area (Å²) in [6.45, 7) is 2.74. The number of methoxy groups -OCH3 is 1. The van der Waals surface area contributed by atoms with Crippen LogP contribution >= 0.6 is 11.3 Å². The van der Waals surface area contributed by atoms with E-state index in [9.17, 15) is 14.4 Å². The Morgan fingerprint density at radius 3 is 2.62 bits per heavy atom. The van der Waals surface area contributed by atoms with Crippen LogP contribution in [0.3, 0.4) is 0 Å². The zero-order valence-corrected chi connectivity index (χ0v) is 19.4. The molecule has 4 aromatic rings. The summed E-state index contributed by atoms with van der Waals surface area (Å²) < 4.78 is 6.68. The van der Waals surface area contributed by atoms with Crippen molar-refractivity contribution in [2.75, 3.05) is 25.6 Å². The summed E-state index contributed by atoms with van der Waals surface area (Å²) in [5, 5.41) is 9.09. The number of amides is 3. The van der Waals surface area contributed by atoms with Gasteiger partial charge in [-0.15, -0.1) is 16.4 Å². The lowest BCUT2D eigenvalue weighted by Gasteiger charge is -2.12. The molecular formula is C24H21N5O4S. The summed E-state index contributed by atoms with van der Waals surface area (Å²) in [5.41, 5.74) is 3.79. The number of hydrogen-bond donors (Lipinski definition) is 1. The highest BCUT2D eigenvalue weighted by atomic mass is 32.1. The summed E-state index contributed by atoms with van der Waals surface area (Å²) in [7, 11) is 1.56. The van der Waals surface area contributed by atoms with Crippen molar-refractivity contribution in [2.45, 2.75) is 13.3 Å².